The second kappa shape index (κ2) is 10.6. The number of benzene rings is 8. The third kappa shape index (κ3) is 4.36. The van der Waals surface area contributed by atoms with Gasteiger partial charge in [0.05, 0.1) is 0 Å². The van der Waals surface area contributed by atoms with Crippen molar-refractivity contribution in [3.8, 4) is 44.5 Å². The fourth-order valence-electron chi connectivity index (χ4n) is 6.94. The fourth-order valence-corrected chi connectivity index (χ4v) is 8.18. The van der Waals surface area contributed by atoms with Crippen LogP contribution in [0.1, 0.15) is 0 Å². The molecule has 0 radical (unpaired) electrons. The summed E-state index contributed by atoms with van der Waals surface area (Å²) in [6.07, 6.45) is 0. The third-order valence-corrected chi connectivity index (χ3v) is 10.3. The van der Waals surface area contributed by atoms with Gasteiger partial charge in [0.25, 0.3) is 0 Å². The highest BCUT2D eigenvalue weighted by Gasteiger charge is 2.13. The molecule has 0 atom stereocenters. The van der Waals surface area contributed by atoms with Crippen molar-refractivity contribution >= 4 is 53.1 Å². The monoisotopic (exact) mass is 588 g/mol. The minimum Gasteiger partial charge on any atom is -0.135 e. The molecule has 1 aromatic heterocycles. The van der Waals surface area contributed by atoms with Gasteiger partial charge in [-0.3, -0.25) is 0 Å². The summed E-state index contributed by atoms with van der Waals surface area (Å²) in [6, 6.07) is 62.1. The Labute approximate surface area is 266 Å². The summed E-state index contributed by atoms with van der Waals surface area (Å²) in [5.41, 5.74) is 10.0. The van der Waals surface area contributed by atoms with Crippen LogP contribution in [0.25, 0.3) is 86.2 Å². The molecule has 0 saturated carbocycles. The second-order valence-electron chi connectivity index (χ2n) is 11.7. The first-order chi connectivity index (χ1) is 22.3. The fraction of sp³-hybridized carbons (Fsp3) is 0. The smallest absolute Gasteiger partial charge is 0.0433 e. The van der Waals surface area contributed by atoms with Gasteiger partial charge in [0.2, 0.25) is 0 Å². The van der Waals surface area contributed by atoms with E-state index in [4.69, 9.17) is 0 Å². The molecule has 8 aromatic carbocycles. The van der Waals surface area contributed by atoms with E-state index >= 15 is 0 Å². The van der Waals surface area contributed by atoms with Crippen LogP contribution >= 0.6 is 11.3 Å². The van der Waals surface area contributed by atoms with E-state index in [1.54, 1.807) is 0 Å². The molecule has 0 nitrogen and oxygen atoms in total. The van der Waals surface area contributed by atoms with Gasteiger partial charge in [0, 0.05) is 20.2 Å². The Balaban J connectivity index is 1.12. The van der Waals surface area contributed by atoms with E-state index in [2.05, 4.69) is 170 Å². The van der Waals surface area contributed by atoms with Crippen LogP contribution in [0.15, 0.2) is 170 Å². The normalized spacial score (nSPS) is 11.6. The lowest BCUT2D eigenvalue weighted by Crippen LogP contribution is -1.88. The van der Waals surface area contributed by atoms with Crippen molar-refractivity contribution < 1.29 is 0 Å². The average molecular weight is 589 g/mol. The highest BCUT2D eigenvalue weighted by molar-refractivity contribution is 7.26. The van der Waals surface area contributed by atoms with E-state index in [9.17, 15) is 0 Å². The maximum Gasteiger partial charge on any atom is 0.0433 e. The Hall–Kier alpha value is -5.50. The molecule has 210 valence electrons. The first-order valence-electron chi connectivity index (χ1n) is 15.4. The molecule has 1 heterocycles. The quantitative estimate of drug-likeness (QED) is 0.192. The summed E-state index contributed by atoms with van der Waals surface area (Å²) >= 11 is 1.88. The van der Waals surface area contributed by atoms with E-state index in [0.29, 0.717) is 0 Å². The van der Waals surface area contributed by atoms with Gasteiger partial charge in [-0.2, -0.15) is 0 Å². The van der Waals surface area contributed by atoms with Crippen molar-refractivity contribution in [3.63, 3.8) is 0 Å². The van der Waals surface area contributed by atoms with Crippen LogP contribution in [0.5, 0.6) is 0 Å². The second-order valence-corrected chi connectivity index (χ2v) is 12.7. The molecule has 0 aliphatic rings. The van der Waals surface area contributed by atoms with Gasteiger partial charge in [0.1, 0.15) is 0 Å². The highest BCUT2D eigenvalue weighted by Crippen LogP contribution is 2.41. The van der Waals surface area contributed by atoms with E-state index in [1.165, 1.54) is 86.2 Å². The van der Waals surface area contributed by atoms with Gasteiger partial charge in [-0.15, -0.1) is 11.3 Å². The van der Waals surface area contributed by atoms with Crippen LogP contribution in [0.2, 0.25) is 0 Å². The lowest BCUT2D eigenvalue weighted by molar-refractivity contribution is 1.61. The number of fused-ring (bicyclic) bond motifs is 5. The lowest BCUT2D eigenvalue weighted by Gasteiger charge is -2.14. The molecule has 0 unspecified atom stereocenters. The van der Waals surface area contributed by atoms with Crippen LogP contribution in [-0.4, -0.2) is 0 Å². The number of rotatable bonds is 4. The van der Waals surface area contributed by atoms with E-state index < -0.39 is 0 Å². The van der Waals surface area contributed by atoms with Crippen LogP contribution in [0, 0.1) is 0 Å². The van der Waals surface area contributed by atoms with Gasteiger partial charge in [-0.1, -0.05) is 158 Å². The number of hydrogen-bond acceptors (Lipinski definition) is 1. The molecule has 0 saturated heterocycles. The molecule has 45 heavy (non-hydrogen) atoms. The molecule has 0 N–H and O–H groups in total. The SMILES string of the molecule is c1cc(-c2cccc3ccccc23)cc(-c2ccc(-c3ccc(-c4cccc5c4sc4ccccc45)cc3)c3ccccc23)c1. The zero-order chi connectivity index (χ0) is 29.7. The van der Waals surface area contributed by atoms with Crippen molar-refractivity contribution in [2.24, 2.45) is 0 Å². The third-order valence-electron chi connectivity index (χ3n) is 9.11. The molecule has 0 amide bonds. The Morgan fingerprint density at radius 1 is 0.289 bits per heavy atom. The maximum absolute atomic E-state index is 2.34. The average Bonchev–Trinajstić information content (AvgIpc) is 3.50. The van der Waals surface area contributed by atoms with Crippen LogP contribution < -0.4 is 0 Å². The largest absolute Gasteiger partial charge is 0.135 e. The van der Waals surface area contributed by atoms with Gasteiger partial charge in [-0.05, 0) is 78.2 Å². The Kier molecular flexibility index (Phi) is 6.11. The zero-order valence-electron chi connectivity index (χ0n) is 24.6. The summed E-state index contributed by atoms with van der Waals surface area (Å²) in [7, 11) is 0. The summed E-state index contributed by atoms with van der Waals surface area (Å²) in [5.74, 6) is 0. The minimum atomic E-state index is 1.23. The van der Waals surface area contributed by atoms with Crippen LogP contribution in [0.4, 0.5) is 0 Å². The predicted molar refractivity (Wildman–Crippen MR) is 196 cm³/mol. The lowest BCUT2D eigenvalue weighted by atomic mass is 9.90. The van der Waals surface area contributed by atoms with Crippen molar-refractivity contribution in [2.45, 2.75) is 0 Å². The molecule has 0 aliphatic carbocycles. The highest BCUT2D eigenvalue weighted by atomic mass is 32.1. The molecule has 1 heteroatoms. The summed E-state index contributed by atoms with van der Waals surface area (Å²) in [6.45, 7) is 0. The summed E-state index contributed by atoms with van der Waals surface area (Å²) < 4.78 is 2.69. The van der Waals surface area contributed by atoms with Gasteiger partial charge in [0.15, 0.2) is 0 Å². The number of thiophene rings is 1. The van der Waals surface area contributed by atoms with Crippen LogP contribution in [-0.2, 0) is 0 Å². The topological polar surface area (TPSA) is 0 Å². The predicted octanol–water partition coefficient (Wildman–Crippen LogP) is 13.0. The van der Waals surface area contributed by atoms with Gasteiger partial charge < -0.3 is 0 Å². The Morgan fingerprint density at radius 3 is 1.53 bits per heavy atom. The van der Waals surface area contributed by atoms with Crippen molar-refractivity contribution in [1.82, 2.24) is 0 Å². The van der Waals surface area contributed by atoms with E-state index in [1.807, 2.05) is 11.3 Å². The molecule has 0 bridgehead atoms. The molecule has 0 spiro atoms. The Morgan fingerprint density at radius 2 is 0.778 bits per heavy atom. The molecule has 0 fully saturated rings. The van der Waals surface area contributed by atoms with E-state index in [0.717, 1.165) is 0 Å². The molecule has 9 aromatic rings. The van der Waals surface area contributed by atoms with Gasteiger partial charge >= 0.3 is 0 Å². The molecular weight excluding hydrogens is 561 g/mol. The van der Waals surface area contributed by atoms with Gasteiger partial charge in [-0.25, -0.2) is 0 Å². The molecule has 0 aliphatic heterocycles. The van der Waals surface area contributed by atoms with Crippen molar-refractivity contribution in [1.29, 1.82) is 0 Å². The van der Waals surface area contributed by atoms with E-state index in [-0.39, 0.29) is 0 Å². The van der Waals surface area contributed by atoms with Crippen molar-refractivity contribution in [2.75, 3.05) is 0 Å². The first kappa shape index (κ1) is 25.9. The molecule has 9 rings (SSSR count). The van der Waals surface area contributed by atoms with Crippen molar-refractivity contribution in [3.05, 3.63) is 170 Å². The molecular formula is C44H28S. The maximum atomic E-state index is 2.34. The minimum absolute atomic E-state index is 1.23. The first-order valence-corrected chi connectivity index (χ1v) is 16.2. The zero-order valence-corrected chi connectivity index (χ0v) is 25.4. The summed E-state index contributed by atoms with van der Waals surface area (Å²) in [4.78, 5) is 0. The Bertz CT molecular complexity index is 2530. The van der Waals surface area contributed by atoms with Crippen LogP contribution in [0.3, 0.4) is 0 Å². The standard InChI is InChI=1S/C44H28S/c1-2-14-34-29(10-1)11-8-18-35(34)32-12-7-13-33(28-32)37-27-26-36(39-15-3-4-16-40(37)39)30-22-24-31(25-23-30)38-19-9-20-42-41-17-5-6-21-43(41)45-44(38)42/h1-28H. The number of hydrogen-bond donors (Lipinski definition) is 0. The summed E-state index contributed by atoms with van der Waals surface area (Å²) in [5, 5.41) is 7.76.